The lowest BCUT2D eigenvalue weighted by molar-refractivity contribution is -0.123. The lowest BCUT2D eigenvalue weighted by Gasteiger charge is -2.43. The summed E-state index contributed by atoms with van der Waals surface area (Å²) in [5, 5.41) is 0.629. The first-order chi connectivity index (χ1) is 13.7. The molecule has 4 rings (SSSR count). The zero-order valence-corrected chi connectivity index (χ0v) is 18.2. The van der Waals surface area contributed by atoms with Crippen molar-refractivity contribution in [3.63, 3.8) is 0 Å². The van der Waals surface area contributed by atoms with E-state index in [0.29, 0.717) is 17.5 Å². The summed E-state index contributed by atoms with van der Waals surface area (Å²) < 4.78 is 25.0. The molecule has 0 saturated carbocycles. The first-order valence-electron chi connectivity index (χ1n) is 9.85. The SMILES string of the molecule is CC(C)c1ccc(N2C(=O)CN(Cc3ccccc3Cl)C3CS(=O)(=O)CC32)cc1. The number of piperazine rings is 1. The maximum Gasteiger partial charge on any atom is 0.241 e. The maximum atomic E-state index is 13.1. The molecule has 2 heterocycles. The fraction of sp³-hybridized carbons (Fsp3) is 0.409. The number of sulfone groups is 1. The molecule has 2 aromatic rings. The molecule has 0 radical (unpaired) electrons. The molecule has 5 nitrogen and oxygen atoms in total. The van der Waals surface area contributed by atoms with Gasteiger partial charge in [-0.25, -0.2) is 8.42 Å². The Kier molecular flexibility index (Phi) is 5.44. The van der Waals surface area contributed by atoms with Gasteiger partial charge in [-0.05, 0) is 35.2 Å². The monoisotopic (exact) mass is 432 g/mol. The third-order valence-corrected chi connectivity index (χ3v) is 7.94. The van der Waals surface area contributed by atoms with Gasteiger partial charge in [0.1, 0.15) is 0 Å². The molecule has 2 fully saturated rings. The number of hydrogen-bond donors (Lipinski definition) is 0. The Bertz CT molecular complexity index is 1020. The second-order valence-electron chi connectivity index (χ2n) is 8.22. The second-order valence-corrected chi connectivity index (χ2v) is 10.8. The van der Waals surface area contributed by atoms with Crippen LogP contribution in [-0.4, -0.2) is 49.4 Å². The molecule has 0 aromatic heterocycles. The van der Waals surface area contributed by atoms with Gasteiger partial charge in [-0.15, -0.1) is 0 Å². The number of halogens is 1. The first kappa shape index (κ1) is 20.4. The Morgan fingerprint density at radius 1 is 1.03 bits per heavy atom. The highest BCUT2D eigenvalue weighted by atomic mass is 35.5. The molecule has 2 aliphatic rings. The predicted octanol–water partition coefficient (Wildman–Crippen LogP) is 3.48. The number of fused-ring (bicyclic) bond motifs is 1. The molecule has 0 spiro atoms. The van der Waals surface area contributed by atoms with E-state index in [2.05, 4.69) is 13.8 Å². The van der Waals surface area contributed by atoms with Gasteiger partial charge in [-0.2, -0.15) is 0 Å². The van der Waals surface area contributed by atoms with Gasteiger partial charge in [0.25, 0.3) is 0 Å². The molecule has 2 unspecified atom stereocenters. The number of amides is 1. The first-order valence-corrected chi connectivity index (χ1v) is 12.0. The summed E-state index contributed by atoms with van der Waals surface area (Å²) in [7, 11) is -3.22. The topological polar surface area (TPSA) is 57.7 Å². The van der Waals surface area contributed by atoms with Crippen LogP contribution in [0.1, 0.15) is 30.9 Å². The second kappa shape index (κ2) is 7.74. The van der Waals surface area contributed by atoms with E-state index in [4.69, 9.17) is 11.6 Å². The van der Waals surface area contributed by atoms with Crippen LogP contribution in [-0.2, 0) is 21.2 Å². The van der Waals surface area contributed by atoms with Crippen molar-refractivity contribution in [1.29, 1.82) is 0 Å². The Morgan fingerprint density at radius 3 is 2.34 bits per heavy atom. The molecule has 2 atom stereocenters. The molecule has 0 aliphatic carbocycles. The zero-order chi connectivity index (χ0) is 20.8. The molecular weight excluding hydrogens is 408 g/mol. The minimum Gasteiger partial charge on any atom is -0.306 e. The quantitative estimate of drug-likeness (QED) is 0.742. The minimum absolute atomic E-state index is 0.00559. The van der Waals surface area contributed by atoms with E-state index in [9.17, 15) is 13.2 Å². The van der Waals surface area contributed by atoms with Crippen LogP contribution in [0.4, 0.5) is 5.69 Å². The summed E-state index contributed by atoms with van der Waals surface area (Å²) >= 11 is 6.30. The number of carbonyl (C=O) groups is 1. The largest absolute Gasteiger partial charge is 0.306 e. The summed E-state index contributed by atoms with van der Waals surface area (Å²) in [4.78, 5) is 16.8. The standard InChI is InChI=1S/C22H25ClN2O3S/c1-15(2)16-7-9-18(10-8-16)25-21-14-29(27,28)13-20(21)24(12-22(25)26)11-17-5-3-4-6-19(17)23/h3-10,15,20-21H,11-14H2,1-2H3. The average Bonchev–Trinajstić information content (AvgIpc) is 2.99. The summed E-state index contributed by atoms with van der Waals surface area (Å²) in [6.45, 7) is 4.87. The number of benzene rings is 2. The van der Waals surface area contributed by atoms with E-state index in [0.717, 1.165) is 11.3 Å². The van der Waals surface area contributed by atoms with Crippen LogP contribution in [0.15, 0.2) is 48.5 Å². The normalized spacial score (nSPS) is 24.1. The van der Waals surface area contributed by atoms with Gasteiger partial charge in [0.15, 0.2) is 9.84 Å². The van der Waals surface area contributed by atoms with E-state index in [1.165, 1.54) is 5.56 Å². The molecule has 2 saturated heterocycles. The highest BCUT2D eigenvalue weighted by molar-refractivity contribution is 7.91. The van der Waals surface area contributed by atoms with Crippen LogP contribution in [0.2, 0.25) is 5.02 Å². The number of hydrogen-bond acceptors (Lipinski definition) is 4. The van der Waals surface area contributed by atoms with E-state index < -0.39 is 9.84 Å². The van der Waals surface area contributed by atoms with E-state index >= 15 is 0 Å². The predicted molar refractivity (Wildman–Crippen MR) is 116 cm³/mol. The number of carbonyl (C=O) groups excluding carboxylic acids is 1. The molecule has 0 bridgehead atoms. The lowest BCUT2D eigenvalue weighted by Crippen LogP contribution is -2.61. The number of anilines is 1. The van der Waals surface area contributed by atoms with Gasteiger partial charge < -0.3 is 4.90 Å². The molecule has 7 heteroatoms. The summed E-state index contributed by atoms with van der Waals surface area (Å²) in [6.07, 6.45) is 0. The summed E-state index contributed by atoms with van der Waals surface area (Å²) in [6, 6.07) is 14.8. The highest BCUT2D eigenvalue weighted by Gasteiger charge is 2.49. The molecule has 29 heavy (non-hydrogen) atoms. The van der Waals surface area contributed by atoms with Crippen LogP contribution in [0.5, 0.6) is 0 Å². The smallest absolute Gasteiger partial charge is 0.241 e. The minimum atomic E-state index is -3.22. The van der Waals surface area contributed by atoms with E-state index in [-0.39, 0.29) is 36.0 Å². The van der Waals surface area contributed by atoms with Gasteiger partial charge >= 0.3 is 0 Å². The zero-order valence-electron chi connectivity index (χ0n) is 16.6. The number of nitrogens with zero attached hydrogens (tertiary/aromatic N) is 2. The lowest BCUT2D eigenvalue weighted by atomic mass is 10.00. The van der Waals surface area contributed by atoms with E-state index in [1.807, 2.05) is 53.4 Å². The summed E-state index contributed by atoms with van der Waals surface area (Å²) in [5.41, 5.74) is 2.86. The third kappa shape index (κ3) is 4.06. The molecule has 2 aliphatic heterocycles. The van der Waals surface area contributed by atoms with Gasteiger partial charge in [0, 0.05) is 23.3 Å². The van der Waals surface area contributed by atoms with Crippen molar-refractivity contribution in [1.82, 2.24) is 4.90 Å². The summed E-state index contributed by atoms with van der Waals surface area (Å²) in [5.74, 6) is 0.379. The highest BCUT2D eigenvalue weighted by Crippen LogP contribution is 2.33. The molecule has 1 amide bonds. The van der Waals surface area contributed by atoms with Gasteiger partial charge in [0.2, 0.25) is 5.91 Å². The number of rotatable bonds is 4. The van der Waals surface area contributed by atoms with Crippen molar-refractivity contribution in [2.24, 2.45) is 0 Å². The van der Waals surface area contributed by atoms with Crippen LogP contribution >= 0.6 is 11.6 Å². The van der Waals surface area contributed by atoms with Crippen LogP contribution < -0.4 is 4.90 Å². The Morgan fingerprint density at radius 2 is 1.69 bits per heavy atom. The third-order valence-electron chi connectivity index (χ3n) is 5.87. The Balaban J connectivity index is 1.65. The Hall–Kier alpha value is -1.89. The van der Waals surface area contributed by atoms with Crippen molar-refractivity contribution < 1.29 is 13.2 Å². The van der Waals surface area contributed by atoms with Gasteiger partial charge in [0.05, 0.1) is 24.1 Å². The molecule has 2 aromatic carbocycles. The van der Waals surface area contributed by atoms with Crippen LogP contribution in [0.25, 0.3) is 0 Å². The van der Waals surface area contributed by atoms with E-state index in [1.54, 1.807) is 4.90 Å². The maximum absolute atomic E-state index is 13.1. The van der Waals surface area contributed by atoms with Crippen molar-refractivity contribution >= 4 is 33.0 Å². The molecule has 154 valence electrons. The van der Waals surface area contributed by atoms with Crippen LogP contribution in [0.3, 0.4) is 0 Å². The van der Waals surface area contributed by atoms with Gasteiger partial charge in [-0.3, -0.25) is 9.69 Å². The van der Waals surface area contributed by atoms with Gasteiger partial charge in [-0.1, -0.05) is 55.8 Å². The van der Waals surface area contributed by atoms with Crippen molar-refractivity contribution in [2.45, 2.75) is 38.4 Å². The Labute approximate surface area is 177 Å². The van der Waals surface area contributed by atoms with Crippen molar-refractivity contribution in [3.05, 3.63) is 64.7 Å². The fourth-order valence-electron chi connectivity index (χ4n) is 4.33. The fourth-order valence-corrected chi connectivity index (χ4v) is 6.51. The van der Waals surface area contributed by atoms with Crippen molar-refractivity contribution in [3.8, 4) is 0 Å². The van der Waals surface area contributed by atoms with Crippen LogP contribution in [0, 0.1) is 0 Å². The molecule has 0 N–H and O–H groups in total. The van der Waals surface area contributed by atoms with Crippen molar-refractivity contribution in [2.75, 3.05) is 23.0 Å². The average molecular weight is 433 g/mol. The molecular formula is C22H25ClN2O3S.